The third-order valence-electron chi connectivity index (χ3n) is 11.4. The van der Waals surface area contributed by atoms with Gasteiger partial charge in [-0.3, -0.25) is 0 Å². The van der Waals surface area contributed by atoms with Crippen molar-refractivity contribution in [3.8, 4) is 44.5 Å². The fraction of sp³-hybridized carbons (Fsp3) is 0.0357. The Balaban J connectivity index is 1.01. The number of anilines is 3. The summed E-state index contributed by atoms with van der Waals surface area (Å²) < 4.78 is 0. The van der Waals surface area contributed by atoms with Crippen LogP contribution >= 0.6 is 0 Å². The molecule has 0 radical (unpaired) electrons. The third-order valence-corrected chi connectivity index (χ3v) is 11.4. The van der Waals surface area contributed by atoms with Crippen LogP contribution in [0.2, 0.25) is 0 Å². The molecule has 1 nitrogen and oxygen atoms in total. The highest BCUT2D eigenvalue weighted by atomic mass is 15.1. The van der Waals surface area contributed by atoms with Crippen LogP contribution in [0.1, 0.15) is 17.9 Å². The highest BCUT2D eigenvalue weighted by Crippen LogP contribution is 2.40. The third kappa shape index (κ3) is 6.86. The van der Waals surface area contributed by atoms with Gasteiger partial charge < -0.3 is 4.90 Å². The van der Waals surface area contributed by atoms with E-state index in [-0.39, 0.29) is 0 Å². The lowest BCUT2D eigenvalue weighted by molar-refractivity contribution is 0.854. The lowest BCUT2D eigenvalue weighted by Gasteiger charge is -2.27. The SMILES string of the molecule is C1=CCC(c2ccc(-c3ccc(N(c4cccc(-c5ccccc5)c4)c4cccc(-c5ccc(-c6cc7ccccc7c7ccccc67)cc5)c4)cc3)cc2)C=C1. The smallest absolute Gasteiger partial charge is 0.0467 e. The zero-order valence-electron chi connectivity index (χ0n) is 31.7. The molecule has 0 amide bonds. The highest BCUT2D eigenvalue weighted by molar-refractivity contribution is 6.13. The van der Waals surface area contributed by atoms with Gasteiger partial charge in [0.1, 0.15) is 0 Å². The van der Waals surface area contributed by atoms with Crippen molar-refractivity contribution in [3.63, 3.8) is 0 Å². The number of hydrogen-bond acceptors (Lipinski definition) is 1. The van der Waals surface area contributed by atoms with Gasteiger partial charge in [0, 0.05) is 23.0 Å². The zero-order chi connectivity index (χ0) is 38.0. The summed E-state index contributed by atoms with van der Waals surface area (Å²) in [5.41, 5.74) is 14.3. The summed E-state index contributed by atoms with van der Waals surface area (Å²) in [6, 6.07) is 75.4. The topological polar surface area (TPSA) is 3.24 Å². The molecule has 57 heavy (non-hydrogen) atoms. The molecule has 10 rings (SSSR count). The van der Waals surface area contributed by atoms with Gasteiger partial charge in [-0.25, -0.2) is 0 Å². The summed E-state index contributed by atoms with van der Waals surface area (Å²) in [5, 5.41) is 5.11. The molecule has 270 valence electrons. The number of hydrogen-bond donors (Lipinski definition) is 0. The van der Waals surface area contributed by atoms with Crippen LogP contribution in [0.4, 0.5) is 17.1 Å². The molecule has 1 atom stereocenters. The molecule has 1 heteroatoms. The molecule has 9 aromatic carbocycles. The normalized spacial score (nSPS) is 13.6. The van der Waals surface area contributed by atoms with Crippen LogP contribution in [-0.2, 0) is 0 Å². The van der Waals surface area contributed by atoms with Crippen LogP contribution in [-0.4, -0.2) is 0 Å². The Morgan fingerprint density at radius 1 is 0.351 bits per heavy atom. The number of nitrogens with zero attached hydrogens (tertiary/aromatic N) is 1. The van der Waals surface area contributed by atoms with Crippen molar-refractivity contribution in [1.82, 2.24) is 0 Å². The van der Waals surface area contributed by atoms with Gasteiger partial charge >= 0.3 is 0 Å². The molecule has 1 unspecified atom stereocenters. The second kappa shape index (κ2) is 15.1. The Bertz CT molecular complexity index is 2900. The van der Waals surface area contributed by atoms with Gasteiger partial charge in [0.05, 0.1) is 0 Å². The van der Waals surface area contributed by atoms with Gasteiger partial charge in [0.2, 0.25) is 0 Å². The molecular formula is C56H41N. The molecule has 1 aliphatic carbocycles. The average molecular weight is 728 g/mol. The molecule has 9 aromatic rings. The van der Waals surface area contributed by atoms with Crippen LogP contribution < -0.4 is 4.90 Å². The Hall–Kier alpha value is -7.22. The molecule has 0 fully saturated rings. The van der Waals surface area contributed by atoms with E-state index in [1.165, 1.54) is 71.6 Å². The summed E-state index contributed by atoms with van der Waals surface area (Å²) >= 11 is 0. The average Bonchev–Trinajstić information content (AvgIpc) is 3.30. The maximum atomic E-state index is 2.38. The standard InChI is InChI=1S/C56H41N/c1-3-13-40(14-4-1)42-25-27-43(28-26-42)44-33-35-50(36-34-44)57(51-20-11-18-47(37-51)41-15-5-2-6-16-41)52-21-12-19-48(38-52)45-29-31-46(32-30-45)56-39-49-17-7-8-22-53(49)54-23-9-10-24-55(54)56/h1-13,15-40H,14H2. The number of allylic oxidation sites excluding steroid dienone is 4. The highest BCUT2D eigenvalue weighted by Gasteiger charge is 2.16. The van der Waals surface area contributed by atoms with E-state index in [2.05, 4.69) is 235 Å². The summed E-state index contributed by atoms with van der Waals surface area (Å²) in [6.45, 7) is 0. The maximum absolute atomic E-state index is 2.38. The zero-order valence-corrected chi connectivity index (χ0v) is 31.7. The summed E-state index contributed by atoms with van der Waals surface area (Å²) in [6.07, 6.45) is 9.89. The van der Waals surface area contributed by atoms with E-state index in [9.17, 15) is 0 Å². The van der Waals surface area contributed by atoms with Gasteiger partial charge in [-0.05, 0) is 121 Å². The van der Waals surface area contributed by atoms with E-state index in [4.69, 9.17) is 0 Å². The van der Waals surface area contributed by atoms with Crippen molar-refractivity contribution in [2.24, 2.45) is 0 Å². The largest absolute Gasteiger partial charge is 0.310 e. The molecule has 0 aliphatic heterocycles. The summed E-state index contributed by atoms with van der Waals surface area (Å²) in [5.74, 6) is 0.449. The van der Waals surface area contributed by atoms with E-state index in [0.29, 0.717) is 5.92 Å². The van der Waals surface area contributed by atoms with Gasteiger partial charge in [-0.1, -0.05) is 188 Å². The van der Waals surface area contributed by atoms with E-state index in [1.54, 1.807) is 0 Å². The predicted molar refractivity (Wildman–Crippen MR) is 244 cm³/mol. The molecule has 0 N–H and O–H groups in total. The van der Waals surface area contributed by atoms with E-state index in [0.717, 1.165) is 23.5 Å². The molecule has 0 spiro atoms. The second-order valence-corrected chi connectivity index (χ2v) is 14.9. The van der Waals surface area contributed by atoms with Crippen molar-refractivity contribution in [2.45, 2.75) is 12.3 Å². The molecule has 0 saturated carbocycles. The molecule has 0 bridgehead atoms. The first-order valence-corrected chi connectivity index (χ1v) is 19.9. The first-order chi connectivity index (χ1) is 28.2. The predicted octanol–water partition coefficient (Wildman–Crippen LogP) is 15.7. The Morgan fingerprint density at radius 3 is 1.54 bits per heavy atom. The quantitative estimate of drug-likeness (QED) is 0.141. The van der Waals surface area contributed by atoms with E-state index >= 15 is 0 Å². The number of fused-ring (bicyclic) bond motifs is 3. The van der Waals surface area contributed by atoms with E-state index in [1.807, 2.05) is 0 Å². The van der Waals surface area contributed by atoms with Crippen LogP contribution in [0.15, 0.2) is 231 Å². The van der Waals surface area contributed by atoms with Crippen molar-refractivity contribution in [1.29, 1.82) is 0 Å². The van der Waals surface area contributed by atoms with Crippen LogP contribution in [0.5, 0.6) is 0 Å². The van der Waals surface area contributed by atoms with Gasteiger partial charge in [0.15, 0.2) is 0 Å². The molecule has 0 saturated heterocycles. The maximum Gasteiger partial charge on any atom is 0.0467 e. The Morgan fingerprint density at radius 2 is 0.877 bits per heavy atom. The van der Waals surface area contributed by atoms with Gasteiger partial charge in [-0.2, -0.15) is 0 Å². The molecule has 1 aliphatic rings. The number of rotatable bonds is 8. The van der Waals surface area contributed by atoms with Crippen molar-refractivity contribution >= 4 is 38.6 Å². The minimum atomic E-state index is 0.449. The van der Waals surface area contributed by atoms with Crippen molar-refractivity contribution in [2.75, 3.05) is 4.90 Å². The number of benzene rings is 9. The minimum Gasteiger partial charge on any atom is -0.310 e. The lowest BCUT2D eigenvalue weighted by atomic mass is 9.91. The summed E-state index contributed by atoms with van der Waals surface area (Å²) in [4.78, 5) is 2.38. The molecule has 0 heterocycles. The fourth-order valence-electron chi connectivity index (χ4n) is 8.42. The fourth-order valence-corrected chi connectivity index (χ4v) is 8.42. The van der Waals surface area contributed by atoms with Gasteiger partial charge in [0.25, 0.3) is 0 Å². The Kier molecular flexibility index (Phi) is 9.10. The van der Waals surface area contributed by atoms with Crippen molar-refractivity contribution < 1.29 is 0 Å². The van der Waals surface area contributed by atoms with Gasteiger partial charge in [-0.15, -0.1) is 0 Å². The van der Waals surface area contributed by atoms with Crippen LogP contribution in [0.25, 0.3) is 66.1 Å². The molecule has 0 aromatic heterocycles. The van der Waals surface area contributed by atoms with Crippen molar-refractivity contribution in [3.05, 3.63) is 236 Å². The summed E-state index contributed by atoms with van der Waals surface area (Å²) in [7, 11) is 0. The van der Waals surface area contributed by atoms with E-state index < -0.39 is 0 Å². The first-order valence-electron chi connectivity index (χ1n) is 19.9. The minimum absolute atomic E-state index is 0.449. The monoisotopic (exact) mass is 727 g/mol. The Labute approximate surface area is 335 Å². The van der Waals surface area contributed by atoms with Crippen LogP contribution in [0.3, 0.4) is 0 Å². The second-order valence-electron chi connectivity index (χ2n) is 14.9. The van der Waals surface area contributed by atoms with Crippen LogP contribution in [0, 0.1) is 0 Å². The first kappa shape index (κ1) is 34.3. The molecular weight excluding hydrogens is 687 g/mol. The lowest BCUT2D eigenvalue weighted by Crippen LogP contribution is -2.10.